The Kier molecular flexibility index (Phi) is 4.28. The Morgan fingerprint density at radius 3 is 2.32 bits per heavy atom. The van der Waals surface area contributed by atoms with Crippen molar-refractivity contribution in [3.63, 3.8) is 0 Å². The summed E-state index contributed by atoms with van der Waals surface area (Å²) in [6.07, 6.45) is 0.866. The van der Waals surface area contributed by atoms with Crippen molar-refractivity contribution >= 4 is 40.6 Å². The first-order valence-electron chi connectivity index (χ1n) is 11.6. The Labute approximate surface area is 204 Å². The number of rotatable bonds is 2. The van der Waals surface area contributed by atoms with Gasteiger partial charge >= 0.3 is 4.87 Å². The van der Waals surface area contributed by atoms with Gasteiger partial charge in [0.2, 0.25) is 11.8 Å². The standard InChI is InChI=1S/C26H22N2O4S2/c1-11-2-6-13(7-3-11)28-24(30)19-15-10-16(20(19)25(28)31)21-18(15)17(12-4-8-14(29)9-5-12)22-23(33-21)27-26(32)34-22/h2-9,15-21,29H,10H2,1H3,(H,27,32)/t15-,16-,17-,18-,19+,20-,21-/m1/s1. The third-order valence-electron chi connectivity index (χ3n) is 8.27. The number of aromatic hydroxyl groups is 1. The number of thioether (sulfide) groups is 1. The van der Waals surface area contributed by atoms with Crippen molar-refractivity contribution in [2.24, 2.45) is 29.6 Å². The van der Waals surface area contributed by atoms with Crippen LogP contribution in [0.25, 0.3) is 0 Å². The van der Waals surface area contributed by atoms with Crippen molar-refractivity contribution in [1.82, 2.24) is 4.98 Å². The second-order valence-corrected chi connectivity index (χ2v) is 12.1. The molecule has 2 amide bonds. The van der Waals surface area contributed by atoms with E-state index in [0.717, 1.165) is 27.5 Å². The first-order chi connectivity index (χ1) is 16.4. The van der Waals surface area contributed by atoms with Gasteiger partial charge in [-0.15, -0.1) is 11.8 Å². The van der Waals surface area contributed by atoms with Gasteiger partial charge in [-0.2, -0.15) is 0 Å². The number of aromatic nitrogens is 1. The van der Waals surface area contributed by atoms with E-state index in [1.807, 2.05) is 43.3 Å². The van der Waals surface area contributed by atoms with Gasteiger partial charge in [0.05, 0.1) is 22.5 Å². The smallest absolute Gasteiger partial charge is 0.305 e. The Bertz CT molecular complexity index is 1390. The van der Waals surface area contributed by atoms with E-state index in [1.165, 1.54) is 16.2 Å². The highest BCUT2D eigenvalue weighted by Crippen LogP contribution is 2.68. The zero-order chi connectivity index (χ0) is 23.3. The molecule has 0 unspecified atom stereocenters. The number of aromatic amines is 1. The summed E-state index contributed by atoms with van der Waals surface area (Å²) in [7, 11) is 0. The molecule has 2 bridgehead atoms. The van der Waals surface area contributed by atoms with Crippen molar-refractivity contribution in [2.45, 2.75) is 29.5 Å². The van der Waals surface area contributed by atoms with Gasteiger partial charge in [-0.3, -0.25) is 19.3 Å². The number of anilines is 1. The number of hydrogen-bond donors (Lipinski definition) is 2. The van der Waals surface area contributed by atoms with Crippen LogP contribution in [0.15, 0.2) is 58.4 Å². The van der Waals surface area contributed by atoms with Crippen molar-refractivity contribution in [3.05, 3.63) is 74.2 Å². The predicted molar refractivity (Wildman–Crippen MR) is 130 cm³/mol. The lowest BCUT2D eigenvalue weighted by Gasteiger charge is -2.43. The summed E-state index contributed by atoms with van der Waals surface area (Å²) in [6, 6.07) is 14.8. The second-order valence-electron chi connectivity index (χ2n) is 9.90. The zero-order valence-electron chi connectivity index (χ0n) is 18.3. The maximum absolute atomic E-state index is 13.7. The fourth-order valence-corrected chi connectivity index (χ4v) is 9.91. The molecule has 34 heavy (non-hydrogen) atoms. The van der Waals surface area contributed by atoms with Crippen LogP contribution in [0.5, 0.6) is 5.75 Å². The number of hydrogen-bond acceptors (Lipinski definition) is 6. The van der Waals surface area contributed by atoms with Crippen LogP contribution in [0.3, 0.4) is 0 Å². The summed E-state index contributed by atoms with van der Waals surface area (Å²) in [4.78, 5) is 45.0. The van der Waals surface area contributed by atoms with Crippen molar-refractivity contribution in [3.8, 4) is 5.75 Å². The molecule has 3 fully saturated rings. The Balaban J connectivity index is 1.32. The van der Waals surface area contributed by atoms with Crippen molar-refractivity contribution in [2.75, 3.05) is 4.90 Å². The number of carbonyl (C=O) groups excluding carboxylic acids is 2. The fraction of sp³-hybridized carbons (Fsp3) is 0.346. The zero-order valence-corrected chi connectivity index (χ0v) is 19.9. The van der Waals surface area contributed by atoms with Gasteiger partial charge in [0, 0.05) is 16.0 Å². The average molecular weight is 491 g/mol. The molecule has 2 aliphatic carbocycles. The van der Waals surface area contributed by atoms with Gasteiger partial charge in [-0.25, -0.2) is 0 Å². The van der Waals surface area contributed by atoms with Gasteiger partial charge in [-0.1, -0.05) is 41.2 Å². The van der Waals surface area contributed by atoms with Crippen molar-refractivity contribution < 1.29 is 14.7 Å². The van der Waals surface area contributed by atoms with Gasteiger partial charge in [0.15, 0.2) is 0 Å². The molecule has 7 rings (SSSR count). The van der Waals surface area contributed by atoms with E-state index < -0.39 is 0 Å². The number of benzene rings is 2. The van der Waals surface area contributed by atoms with Crippen LogP contribution in [0.4, 0.5) is 5.69 Å². The minimum absolute atomic E-state index is 0.0296. The molecule has 6 nitrogen and oxygen atoms in total. The largest absolute Gasteiger partial charge is 0.508 e. The van der Waals surface area contributed by atoms with Gasteiger partial charge in [0.25, 0.3) is 0 Å². The number of carbonyl (C=O) groups is 2. The number of amides is 2. The number of imide groups is 1. The molecule has 4 aliphatic rings. The molecule has 7 atom stereocenters. The minimum Gasteiger partial charge on any atom is -0.508 e. The molecular weight excluding hydrogens is 468 g/mol. The van der Waals surface area contributed by atoms with Crippen LogP contribution in [-0.4, -0.2) is 27.2 Å². The maximum atomic E-state index is 13.7. The summed E-state index contributed by atoms with van der Waals surface area (Å²) in [6.45, 7) is 1.99. The van der Waals surface area contributed by atoms with Gasteiger partial charge in [0.1, 0.15) is 5.75 Å². The maximum Gasteiger partial charge on any atom is 0.305 e. The lowest BCUT2D eigenvalue weighted by atomic mass is 9.68. The molecule has 0 radical (unpaired) electrons. The SMILES string of the molecule is Cc1ccc(N2C(=O)[C@@H]3[C@H]4C[C@@H]([C@@H]3C2=O)[C@@H]2[C@@H](c3ccc(O)cc3)c3sc(=O)[nH]c3S[C@H]42)cc1. The summed E-state index contributed by atoms with van der Waals surface area (Å²) in [5.41, 5.74) is 2.78. The van der Waals surface area contributed by atoms with Crippen LogP contribution in [-0.2, 0) is 9.59 Å². The van der Waals surface area contributed by atoms with Gasteiger partial charge < -0.3 is 10.1 Å². The van der Waals surface area contributed by atoms with E-state index >= 15 is 0 Å². The highest BCUT2D eigenvalue weighted by atomic mass is 32.2. The van der Waals surface area contributed by atoms with E-state index in [2.05, 4.69) is 4.98 Å². The number of thiazole rings is 1. The molecule has 2 saturated carbocycles. The number of phenols is 1. The Morgan fingerprint density at radius 2 is 1.62 bits per heavy atom. The molecule has 2 aromatic carbocycles. The minimum atomic E-state index is -0.308. The topological polar surface area (TPSA) is 90.5 Å². The molecule has 3 aromatic rings. The van der Waals surface area contributed by atoms with E-state index in [1.54, 1.807) is 23.9 Å². The van der Waals surface area contributed by atoms with E-state index in [0.29, 0.717) is 5.69 Å². The van der Waals surface area contributed by atoms with Crippen molar-refractivity contribution in [1.29, 1.82) is 0 Å². The highest BCUT2D eigenvalue weighted by molar-refractivity contribution is 8.00. The molecule has 8 heteroatoms. The summed E-state index contributed by atoms with van der Waals surface area (Å²) in [5, 5.41) is 10.9. The van der Waals surface area contributed by atoms with Crippen LogP contribution < -0.4 is 9.77 Å². The summed E-state index contributed by atoms with van der Waals surface area (Å²) in [5.74, 6) is -0.226. The molecule has 2 aliphatic heterocycles. The number of fused-ring (bicyclic) bond motifs is 9. The Hall–Kier alpha value is -2.84. The third-order valence-corrected chi connectivity index (χ3v) is 10.9. The number of aryl methyl sites for hydroxylation is 1. The quantitative estimate of drug-likeness (QED) is 0.527. The summed E-state index contributed by atoms with van der Waals surface area (Å²) < 4.78 is 0. The van der Waals surface area contributed by atoms with E-state index in [4.69, 9.17) is 0 Å². The summed E-state index contributed by atoms with van der Waals surface area (Å²) >= 11 is 2.93. The molecule has 3 heterocycles. The van der Waals surface area contributed by atoms with Crippen LogP contribution in [0.1, 0.15) is 28.3 Å². The highest BCUT2D eigenvalue weighted by Gasteiger charge is 2.69. The molecular formula is C26H22N2O4S2. The molecule has 1 aromatic heterocycles. The van der Waals surface area contributed by atoms with Crippen LogP contribution >= 0.6 is 23.1 Å². The number of nitrogens with one attached hydrogen (secondary N) is 1. The lowest BCUT2D eigenvalue weighted by molar-refractivity contribution is -0.123. The first kappa shape index (κ1) is 20.5. The molecule has 172 valence electrons. The first-order valence-corrected chi connectivity index (χ1v) is 13.2. The van der Waals surface area contributed by atoms with Crippen LogP contribution in [0, 0.1) is 36.5 Å². The van der Waals surface area contributed by atoms with E-state index in [-0.39, 0.29) is 63.2 Å². The van der Waals surface area contributed by atoms with Crippen LogP contribution in [0.2, 0.25) is 0 Å². The normalized spacial score (nSPS) is 33.2. The van der Waals surface area contributed by atoms with Gasteiger partial charge in [-0.05, 0) is 60.9 Å². The Morgan fingerprint density at radius 1 is 0.941 bits per heavy atom. The molecule has 1 saturated heterocycles. The predicted octanol–water partition coefficient (Wildman–Crippen LogP) is 4.13. The molecule has 0 spiro atoms. The number of nitrogens with zero attached hydrogens (tertiary/aromatic N) is 1. The number of phenolic OH excluding ortho intramolecular Hbond substituents is 1. The number of H-pyrrole nitrogens is 1. The second kappa shape index (κ2) is 7.09. The lowest BCUT2D eigenvalue weighted by Crippen LogP contribution is -2.42. The fourth-order valence-electron chi connectivity index (χ4n) is 7.02. The average Bonchev–Trinajstić information content (AvgIpc) is 3.54. The monoisotopic (exact) mass is 490 g/mol. The van der Waals surface area contributed by atoms with E-state index in [9.17, 15) is 19.5 Å². The third kappa shape index (κ3) is 2.66. The molecule has 2 N–H and O–H groups in total.